The molecule has 2 aromatic heterocycles. The number of hydrogen-bond donors (Lipinski definition) is 0. The summed E-state index contributed by atoms with van der Waals surface area (Å²) >= 11 is 0. The minimum absolute atomic E-state index is 0.00551. The fourth-order valence-corrected chi connectivity index (χ4v) is 11.6. The number of benzene rings is 5. The quantitative estimate of drug-likeness (QED) is 0.155. The largest absolute Gasteiger partial charge is 0.348 e. The summed E-state index contributed by atoms with van der Waals surface area (Å²) in [6.07, 6.45) is 2.41. The Kier molecular flexibility index (Phi) is 3.83. The lowest BCUT2D eigenvalue weighted by Crippen LogP contribution is -2.71. The summed E-state index contributed by atoms with van der Waals surface area (Å²) in [5.74, 6) is 1.31. The van der Waals surface area contributed by atoms with Crippen molar-refractivity contribution in [2.75, 3.05) is 21.7 Å². The summed E-state index contributed by atoms with van der Waals surface area (Å²) < 4.78 is 5.38. The van der Waals surface area contributed by atoms with Gasteiger partial charge in [0.15, 0.2) is 11.7 Å². The van der Waals surface area contributed by atoms with Gasteiger partial charge in [-0.2, -0.15) is 4.57 Å². The van der Waals surface area contributed by atoms with Crippen molar-refractivity contribution in [2.45, 2.75) is 50.2 Å². The molecule has 0 bridgehead atoms. The number of fused-ring (bicyclic) bond motifs is 8. The highest BCUT2D eigenvalue weighted by Gasteiger charge is 2.70. The minimum atomic E-state index is -0.522. The van der Waals surface area contributed by atoms with Gasteiger partial charge in [-0.05, 0) is 65.7 Å². The zero-order valence-corrected chi connectivity index (χ0v) is 28.2. The molecule has 5 heteroatoms. The third kappa shape index (κ3) is 2.28. The molecule has 0 fully saturated rings. The second-order valence-corrected chi connectivity index (χ2v) is 16.1. The molecule has 0 aliphatic carbocycles. The fourth-order valence-electron chi connectivity index (χ4n) is 11.6. The zero-order valence-electron chi connectivity index (χ0n) is 28.2. The first-order valence-corrected chi connectivity index (χ1v) is 17.6. The Balaban J connectivity index is 1.34. The van der Waals surface area contributed by atoms with Gasteiger partial charge in [-0.1, -0.05) is 76.2 Å². The minimum Gasteiger partial charge on any atom is -0.348 e. The molecule has 5 nitrogen and oxygen atoms in total. The molecular formula is C44H34N5+. The molecular weight excluding hydrogens is 599 g/mol. The number of hydrogen-bond acceptors (Lipinski definition) is 3. The van der Waals surface area contributed by atoms with E-state index in [1.165, 1.54) is 95.1 Å². The maximum absolute atomic E-state index is 2.72. The van der Waals surface area contributed by atoms with Gasteiger partial charge in [0.05, 0.1) is 57.0 Å². The van der Waals surface area contributed by atoms with Crippen LogP contribution in [0.3, 0.4) is 0 Å². The summed E-state index contributed by atoms with van der Waals surface area (Å²) in [7, 11) is 2.32. The average Bonchev–Trinajstić information content (AvgIpc) is 3.73. The Morgan fingerprint density at radius 2 is 1.24 bits per heavy atom. The predicted octanol–water partition coefficient (Wildman–Crippen LogP) is 9.17. The number of likely N-dealkylation sites (N-methyl/N-ethyl adjacent to an activating group) is 1. The summed E-state index contributed by atoms with van der Waals surface area (Å²) in [6, 6.07) is 39.6. The lowest BCUT2D eigenvalue weighted by molar-refractivity contribution is -0.741. The smallest absolute Gasteiger partial charge is 0.292 e. The summed E-state index contributed by atoms with van der Waals surface area (Å²) in [6.45, 7) is 9.69. The van der Waals surface area contributed by atoms with Crippen LogP contribution >= 0.6 is 0 Å². The number of nitrogens with zero attached hydrogens (tertiary/aromatic N) is 5. The molecule has 5 aromatic carbocycles. The molecule has 49 heavy (non-hydrogen) atoms. The van der Waals surface area contributed by atoms with Crippen LogP contribution < -0.4 is 19.3 Å². The van der Waals surface area contributed by atoms with Gasteiger partial charge in [0.1, 0.15) is 5.52 Å². The standard InChI is InChI=1S/C44H34N5/c1-42(2)26-13-6-7-16-30(26)47-33-21-19-25-24-12-10-14-27-37(24)49-38(25)35(33)44(46-23-11-15-29(40(46)49)43(27,3)4)36-34(22-20-28(42)39(36)47)48-32-18-9-8-17-31(32)45(5)41(44)48/h6-23,41H,1-5H3/q+1. The van der Waals surface area contributed by atoms with Crippen molar-refractivity contribution >= 4 is 55.9 Å². The Morgan fingerprint density at radius 3 is 2.10 bits per heavy atom. The van der Waals surface area contributed by atoms with E-state index in [0.29, 0.717) is 0 Å². The molecule has 8 heterocycles. The molecule has 13 rings (SSSR count). The van der Waals surface area contributed by atoms with Gasteiger partial charge in [-0.25, -0.2) is 4.57 Å². The van der Waals surface area contributed by atoms with Crippen LogP contribution in [0.5, 0.6) is 0 Å². The molecule has 7 aromatic rings. The van der Waals surface area contributed by atoms with Gasteiger partial charge in [0.25, 0.3) is 5.82 Å². The number of anilines is 6. The van der Waals surface area contributed by atoms with E-state index < -0.39 is 5.54 Å². The van der Waals surface area contributed by atoms with Gasteiger partial charge in [0.2, 0.25) is 5.54 Å². The number of rotatable bonds is 0. The van der Waals surface area contributed by atoms with E-state index in [4.69, 9.17) is 0 Å². The molecule has 2 atom stereocenters. The molecule has 0 saturated heterocycles. The summed E-state index contributed by atoms with van der Waals surface area (Å²) in [4.78, 5) is 7.89. The topological polar surface area (TPSA) is 18.5 Å². The highest BCUT2D eigenvalue weighted by atomic mass is 15.5. The maximum Gasteiger partial charge on any atom is 0.292 e. The number of aromatic nitrogens is 2. The van der Waals surface area contributed by atoms with E-state index in [1.54, 1.807) is 0 Å². The van der Waals surface area contributed by atoms with E-state index in [2.05, 4.69) is 168 Å². The Morgan fingerprint density at radius 1 is 0.551 bits per heavy atom. The van der Waals surface area contributed by atoms with Gasteiger partial charge in [0, 0.05) is 34.2 Å². The van der Waals surface area contributed by atoms with Crippen molar-refractivity contribution in [3.05, 3.63) is 143 Å². The molecule has 1 spiro atoms. The van der Waals surface area contributed by atoms with E-state index >= 15 is 0 Å². The summed E-state index contributed by atoms with van der Waals surface area (Å²) in [5.41, 5.74) is 18.1. The van der Waals surface area contributed by atoms with Crippen LogP contribution in [-0.2, 0) is 16.4 Å². The average molecular weight is 633 g/mol. The van der Waals surface area contributed by atoms with Gasteiger partial charge in [-0.15, -0.1) is 0 Å². The highest BCUT2D eigenvalue weighted by molar-refractivity contribution is 6.16. The monoisotopic (exact) mass is 632 g/mol. The van der Waals surface area contributed by atoms with Crippen LogP contribution in [0.15, 0.2) is 109 Å². The van der Waals surface area contributed by atoms with Crippen LogP contribution in [-0.4, -0.2) is 17.8 Å². The van der Waals surface area contributed by atoms with Crippen molar-refractivity contribution in [1.82, 2.24) is 4.57 Å². The third-order valence-electron chi connectivity index (χ3n) is 13.5. The fraction of sp³-hybridized carbons (Fsp3) is 0.205. The SMILES string of the molecule is CN1c2ccccc2N2c3ccc4c5c3C3(c6c(ccc7c8cccc9c8n(c67)-c6c(ccc[n+]63)C9(C)C)N5c3ccccc3C4(C)C)C12. The van der Waals surface area contributed by atoms with Crippen LogP contribution in [0.1, 0.15) is 61.1 Å². The number of para-hydroxylation sites is 4. The normalized spacial score (nSPS) is 22.5. The first-order chi connectivity index (χ1) is 23.8. The van der Waals surface area contributed by atoms with Crippen molar-refractivity contribution < 1.29 is 4.57 Å². The van der Waals surface area contributed by atoms with E-state index in [9.17, 15) is 0 Å². The zero-order chi connectivity index (χ0) is 32.5. The molecule has 0 saturated carbocycles. The Bertz CT molecular complexity index is 2780. The van der Waals surface area contributed by atoms with Crippen LogP contribution in [0.2, 0.25) is 0 Å². The van der Waals surface area contributed by atoms with Crippen molar-refractivity contribution in [3.8, 4) is 5.82 Å². The van der Waals surface area contributed by atoms with Crippen LogP contribution in [0.25, 0.3) is 27.6 Å². The maximum atomic E-state index is 2.72. The second kappa shape index (κ2) is 7.37. The number of pyridine rings is 1. The molecule has 2 unspecified atom stereocenters. The molecule has 0 radical (unpaired) electrons. The van der Waals surface area contributed by atoms with Crippen molar-refractivity contribution in [1.29, 1.82) is 0 Å². The molecule has 0 N–H and O–H groups in total. The predicted molar refractivity (Wildman–Crippen MR) is 197 cm³/mol. The molecule has 234 valence electrons. The van der Waals surface area contributed by atoms with Gasteiger partial charge in [-0.3, -0.25) is 0 Å². The van der Waals surface area contributed by atoms with E-state index in [1.807, 2.05) is 0 Å². The van der Waals surface area contributed by atoms with Crippen LogP contribution in [0, 0.1) is 0 Å². The first kappa shape index (κ1) is 25.5. The van der Waals surface area contributed by atoms with Gasteiger partial charge >= 0.3 is 0 Å². The second-order valence-electron chi connectivity index (χ2n) is 16.1. The summed E-state index contributed by atoms with van der Waals surface area (Å²) in [5, 5.41) is 2.69. The molecule has 6 aliphatic rings. The lowest BCUT2D eigenvalue weighted by Gasteiger charge is -2.51. The van der Waals surface area contributed by atoms with Gasteiger partial charge < -0.3 is 14.7 Å². The highest BCUT2D eigenvalue weighted by Crippen LogP contribution is 2.70. The third-order valence-corrected chi connectivity index (χ3v) is 13.5. The van der Waals surface area contributed by atoms with Crippen LogP contribution in [0.4, 0.5) is 34.1 Å². The Hall–Kier alpha value is -5.55. The van der Waals surface area contributed by atoms with Crippen molar-refractivity contribution in [2.24, 2.45) is 0 Å². The van der Waals surface area contributed by atoms with E-state index in [0.717, 1.165) is 0 Å². The lowest BCUT2D eigenvalue weighted by atomic mass is 9.67. The Labute approximate surface area is 284 Å². The van der Waals surface area contributed by atoms with E-state index in [-0.39, 0.29) is 17.0 Å². The molecule has 0 amide bonds. The molecule has 6 aliphatic heterocycles. The first-order valence-electron chi connectivity index (χ1n) is 17.6. The van der Waals surface area contributed by atoms with Crippen molar-refractivity contribution in [3.63, 3.8) is 0 Å².